The van der Waals surface area contributed by atoms with Crippen LogP contribution >= 0.6 is 0 Å². The summed E-state index contributed by atoms with van der Waals surface area (Å²) in [6.45, 7) is 1.95. The van der Waals surface area contributed by atoms with Gasteiger partial charge in [0.2, 0.25) is 0 Å². The minimum absolute atomic E-state index is 0. The molecule has 0 amide bonds. The van der Waals surface area contributed by atoms with Gasteiger partial charge in [-0.05, 0) is 12.8 Å². The molecule has 0 atom stereocenters. The van der Waals surface area contributed by atoms with Gasteiger partial charge < -0.3 is 9.90 Å². The first-order valence-corrected chi connectivity index (χ1v) is 2.47. The Labute approximate surface area is 60.0 Å². The van der Waals surface area contributed by atoms with E-state index < -0.39 is 5.97 Å². The minimum atomic E-state index is -0.943. The predicted molar refractivity (Wildman–Crippen MR) is 29.8 cm³/mol. The predicted octanol–water partition coefficient (Wildman–Crippen LogP) is -0.456. The Balaban J connectivity index is -0.000000180. The molecule has 9 heavy (non-hydrogen) atoms. The molecule has 0 radical (unpaired) electrons. The third kappa shape index (κ3) is 18.3. The largest absolute Gasteiger partial charge is 0.550 e. The Morgan fingerprint density at radius 3 is 2.11 bits per heavy atom. The molecule has 0 unspecified atom stereocenters. The number of rotatable bonds is 3. The van der Waals surface area contributed by atoms with E-state index in [9.17, 15) is 9.90 Å². The SMILES string of the molecule is CCCCC(=O)[O-].F.[ClH2+]. The lowest BCUT2D eigenvalue weighted by molar-refractivity contribution is -0.305. The zero-order valence-corrected chi connectivity index (χ0v) is 6.19. The number of aliphatic carboxylic acids is 1. The highest BCUT2D eigenvalue weighted by Gasteiger charge is 1.80. The highest BCUT2D eigenvalue weighted by atomic mass is 35.5. The molecule has 0 saturated carbocycles. The van der Waals surface area contributed by atoms with Crippen molar-refractivity contribution in [2.24, 2.45) is 0 Å². The van der Waals surface area contributed by atoms with Crippen LogP contribution < -0.4 is 5.11 Å². The van der Waals surface area contributed by atoms with E-state index in [-0.39, 0.29) is 23.5 Å². The molecule has 0 fully saturated rings. The molecule has 58 valence electrons. The summed E-state index contributed by atoms with van der Waals surface area (Å²) >= 11 is 0. The summed E-state index contributed by atoms with van der Waals surface area (Å²) in [6.07, 6.45) is 1.87. The summed E-state index contributed by atoms with van der Waals surface area (Å²) in [5.41, 5.74) is 0. The van der Waals surface area contributed by atoms with Crippen LogP contribution in [-0.2, 0) is 4.79 Å². The van der Waals surface area contributed by atoms with Crippen molar-refractivity contribution in [2.75, 3.05) is 0 Å². The molecule has 0 aliphatic carbocycles. The van der Waals surface area contributed by atoms with E-state index in [1.807, 2.05) is 6.92 Å². The van der Waals surface area contributed by atoms with E-state index in [4.69, 9.17) is 0 Å². The fourth-order valence-corrected chi connectivity index (χ4v) is 0.321. The van der Waals surface area contributed by atoms with Crippen molar-refractivity contribution < 1.29 is 27.0 Å². The van der Waals surface area contributed by atoms with Gasteiger partial charge in [0.15, 0.2) is 0 Å². The lowest BCUT2D eigenvalue weighted by Gasteiger charge is -1.95. The van der Waals surface area contributed by atoms with Crippen LogP contribution in [0.5, 0.6) is 0 Å². The van der Waals surface area contributed by atoms with Crippen LogP contribution in [0.4, 0.5) is 4.70 Å². The molecule has 4 heteroatoms. The zero-order valence-electron chi connectivity index (χ0n) is 5.29. The second-order valence-electron chi connectivity index (χ2n) is 1.48. The highest BCUT2D eigenvalue weighted by molar-refractivity contribution is 5.63. The van der Waals surface area contributed by atoms with Gasteiger partial charge in [0.25, 0.3) is 0 Å². The van der Waals surface area contributed by atoms with Crippen LogP contribution in [0, 0.1) is 12.4 Å². The fraction of sp³-hybridized carbons (Fsp3) is 0.800. The van der Waals surface area contributed by atoms with E-state index in [1.54, 1.807) is 0 Å². The van der Waals surface area contributed by atoms with Gasteiger partial charge in [-0.15, -0.1) is 0 Å². The number of halogens is 2. The van der Waals surface area contributed by atoms with E-state index in [0.717, 1.165) is 12.8 Å². The Morgan fingerprint density at radius 2 is 2.00 bits per heavy atom. The molecular formula is C5H12ClFO2. The zero-order chi connectivity index (χ0) is 5.70. The van der Waals surface area contributed by atoms with Gasteiger partial charge >= 0.3 is 0 Å². The summed E-state index contributed by atoms with van der Waals surface area (Å²) in [5.74, 6) is -0.943. The number of hydrogen-bond donors (Lipinski definition) is 0. The maximum atomic E-state index is 9.65. The topological polar surface area (TPSA) is 40.1 Å². The smallest absolute Gasteiger partial charge is 0.0903 e. The van der Waals surface area contributed by atoms with Crippen LogP contribution in [0.25, 0.3) is 0 Å². The van der Waals surface area contributed by atoms with Gasteiger partial charge in [0.05, 0.1) is 12.4 Å². The normalized spacial score (nSPS) is 6.78. The fourth-order valence-electron chi connectivity index (χ4n) is 0.321. The first-order valence-electron chi connectivity index (χ1n) is 2.47. The standard InChI is InChI=1S/C5H10O2.ClH2.FH/c1-2-3-4-5(6)7;;/h2-4H2,1H3,(H,6,7);1H2;1H/q;+1;/p-1. The number of unbranched alkanes of at least 4 members (excludes halogenated alkanes) is 1. The van der Waals surface area contributed by atoms with E-state index in [1.165, 1.54) is 0 Å². The van der Waals surface area contributed by atoms with Crippen LogP contribution in [0.3, 0.4) is 0 Å². The second kappa shape index (κ2) is 10.6. The van der Waals surface area contributed by atoms with Crippen molar-refractivity contribution in [1.82, 2.24) is 0 Å². The van der Waals surface area contributed by atoms with Crippen LogP contribution in [0.15, 0.2) is 0 Å². The van der Waals surface area contributed by atoms with Crippen LogP contribution in [0.1, 0.15) is 26.2 Å². The van der Waals surface area contributed by atoms with Gasteiger partial charge in [0, 0.05) is 5.97 Å². The molecule has 0 N–H and O–H groups in total. The van der Waals surface area contributed by atoms with Gasteiger partial charge in [-0.2, -0.15) is 0 Å². The molecule has 0 heterocycles. The second-order valence-corrected chi connectivity index (χ2v) is 1.48. The molecule has 0 bridgehead atoms. The molecule has 0 aromatic carbocycles. The van der Waals surface area contributed by atoms with E-state index in [0.29, 0.717) is 0 Å². The molecule has 0 aromatic heterocycles. The van der Waals surface area contributed by atoms with Crippen molar-refractivity contribution in [1.29, 1.82) is 0 Å². The van der Waals surface area contributed by atoms with Gasteiger partial charge in [-0.3, -0.25) is 4.70 Å². The van der Waals surface area contributed by atoms with E-state index in [2.05, 4.69) is 0 Å². The number of hydrogen-bond acceptors (Lipinski definition) is 2. The molecule has 2 nitrogen and oxygen atoms in total. The van der Waals surface area contributed by atoms with Gasteiger partial charge in [0.1, 0.15) is 0 Å². The monoisotopic (exact) mass is 158 g/mol. The lowest BCUT2D eigenvalue weighted by atomic mass is 10.3. The molecular weight excluding hydrogens is 147 g/mol. The molecule has 0 aromatic rings. The third-order valence-corrected chi connectivity index (χ3v) is 0.734. The summed E-state index contributed by atoms with van der Waals surface area (Å²) in [6, 6.07) is 0. The van der Waals surface area contributed by atoms with Crippen molar-refractivity contribution in [3.05, 3.63) is 0 Å². The Morgan fingerprint density at radius 1 is 1.56 bits per heavy atom. The first-order chi connectivity index (χ1) is 3.27. The number of carbonyl (C=O) groups excluding carboxylic acids is 1. The summed E-state index contributed by atoms with van der Waals surface area (Å²) in [4.78, 5) is 9.65. The average Bonchev–Trinajstić information content (AvgIpc) is 1.61. The Hall–Kier alpha value is -0.310. The van der Waals surface area contributed by atoms with Crippen molar-refractivity contribution >= 4 is 5.97 Å². The molecule has 0 spiro atoms. The number of carboxylic acid groups (broad SMARTS) is 1. The molecule has 0 aliphatic heterocycles. The molecule has 0 saturated heterocycles. The lowest BCUT2D eigenvalue weighted by Crippen LogP contribution is -2.21. The minimum Gasteiger partial charge on any atom is -0.550 e. The summed E-state index contributed by atoms with van der Waals surface area (Å²) in [5, 5.41) is 9.65. The Kier molecular flexibility index (Phi) is 18.7. The van der Waals surface area contributed by atoms with Gasteiger partial charge in [-0.25, -0.2) is 0 Å². The van der Waals surface area contributed by atoms with Crippen molar-refractivity contribution in [2.45, 2.75) is 26.2 Å². The van der Waals surface area contributed by atoms with Crippen LogP contribution in [-0.4, -0.2) is 5.97 Å². The number of carbonyl (C=O) groups is 1. The first kappa shape index (κ1) is 15.9. The maximum Gasteiger partial charge on any atom is 0.0903 e. The van der Waals surface area contributed by atoms with Crippen LogP contribution in [0.2, 0.25) is 0 Å². The van der Waals surface area contributed by atoms with Crippen molar-refractivity contribution in [3.8, 4) is 0 Å². The Bertz CT molecular complexity index is 68.0. The van der Waals surface area contributed by atoms with Gasteiger partial charge in [-0.1, -0.05) is 13.3 Å². The van der Waals surface area contributed by atoms with E-state index >= 15 is 0 Å². The average molecular weight is 159 g/mol. The third-order valence-electron chi connectivity index (χ3n) is 0.734. The quantitative estimate of drug-likeness (QED) is 0.558. The summed E-state index contributed by atoms with van der Waals surface area (Å²) in [7, 11) is 0. The number of carboxylic acids is 1. The summed E-state index contributed by atoms with van der Waals surface area (Å²) < 4.78 is 0. The molecule has 0 rings (SSSR count). The maximum absolute atomic E-state index is 9.65. The highest BCUT2D eigenvalue weighted by Crippen LogP contribution is 1.89. The van der Waals surface area contributed by atoms with Crippen molar-refractivity contribution in [3.63, 3.8) is 0 Å². The molecule has 0 aliphatic rings.